The highest BCUT2D eigenvalue weighted by atomic mass is 35.5. The van der Waals surface area contributed by atoms with Crippen molar-refractivity contribution in [3.63, 3.8) is 0 Å². The standard InChI is InChI=1S/C17H19ClN4O/c1-21-7-9-22(10-8-21)17(23)16-12-15(5-6-19-16)20-14-4-2-3-13(18)11-14/h2-6,11-12H,7-10H2,1H3,(H,19,20). The highest BCUT2D eigenvalue weighted by Crippen LogP contribution is 2.20. The molecule has 5 nitrogen and oxygen atoms in total. The van der Waals surface area contributed by atoms with Gasteiger partial charge in [0.15, 0.2) is 0 Å². The van der Waals surface area contributed by atoms with Gasteiger partial charge < -0.3 is 15.1 Å². The first kappa shape index (κ1) is 15.8. The molecule has 0 saturated carbocycles. The molecule has 1 aromatic carbocycles. The van der Waals surface area contributed by atoms with Crippen LogP contribution in [0.3, 0.4) is 0 Å². The van der Waals surface area contributed by atoms with Gasteiger partial charge in [-0.3, -0.25) is 9.78 Å². The minimum absolute atomic E-state index is 0.0205. The number of rotatable bonds is 3. The number of carbonyl (C=O) groups excluding carboxylic acids is 1. The van der Waals surface area contributed by atoms with Crippen molar-refractivity contribution in [3.05, 3.63) is 53.3 Å². The van der Waals surface area contributed by atoms with E-state index in [-0.39, 0.29) is 5.91 Å². The lowest BCUT2D eigenvalue weighted by atomic mass is 10.2. The second-order valence-electron chi connectivity index (χ2n) is 5.66. The predicted octanol–water partition coefficient (Wildman–Crippen LogP) is 2.87. The van der Waals surface area contributed by atoms with Crippen LogP contribution in [0.15, 0.2) is 42.6 Å². The lowest BCUT2D eigenvalue weighted by molar-refractivity contribution is 0.0658. The second-order valence-corrected chi connectivity index (χ2v) is 6.10. The Labute approximate surface area is 140 Å². The van der Waals surface area contributed by atoms with Crippen LogP contribution >= 0.6 is 11.6 Å². The summed E-state index contributed by atoms with van der Waals surface area (Å²) in [5.41, 5.74) is 2.16. The van der Waals surface area contributed by atoms with E-state index in [4.69, 9.17) is 11.6 Å². The van der Waals surface area contributed by atoms with Gasteiger partial charge in [0.1, 0.15) is 5.69 Å². The molecular formula is C17H19ClN4O. The molecular weight excluding hydrogens is 312 g/mol. The van der Waals surface area contributed by atoms with Crippen molar-refractivity contribution in [1.29, 1.82) is 0 Å². The summed E-state index contributed by atoms with van der Waals surface area (Å²) in [6, 6.07) is 11.1. The zero-order valence-corrected chi connectivity index (χ0v) is 13.8. The average molecular weight is 331 g/mol. The van der Waals surface area contributed by atoms with Crippen molar-refractivity contribution in [3.8, 4) is 0 Å². The molecule has 120 valence electrons. The average Bonchev–Trinajstić information content (AvgIpc) is 2.55. The monoisotopic (exact) mass is 330 g/mol. The first-order chi connectivity index (χ1) is 11.1. The number of anilines is 2. The Morgan fingerprint density at radius 3 is 2.61 bits per heavy atom. The zero-order chi connectivity index (χ0) is 16.2. The maximum atomic E-state index is 12.6. The number of hydrogen-bond donors (Lipinski definition) is 1. The van der Waals surface area contributed by atoms with Gasteiger partial charge in [-0.15, -0.1) is 0 Å². The molecule has 1 aromatic heterocycles. The molecule has 1 aliphatic heterocycles. The van der Waals surface area contributed by atoms with Crippen LogP contribution in [-0.4, -0.2) is 53.9 Å². The Morgan fingerprint density at radius 2 is 1.87 bits per heavy atom. The molecule has 0 aliphatic carbocycles. The van der Waals surface area contributed by atoms with Gasteiger partial charge in [-0.25, -0.2) is 0 Å². The van der Waals surface area contributed by atoms with E-state index in [1.807, 2.05) is 35.2 Å². The van der Waals surface area contributed by atoms with Crippen molar-refractivity contribution in [2.24, 2.45) is 0 Å². The van der Waals surface area contributed by atoms with E-state index < -0.39 is 0 Å². The molecule has 1 saturated heterocycles. The molecule has 0 bridgehead atoms. The van der Waals surface area contributed by atoms with Crippen molar-refractivity contribution >= 4 is 28.9 Å². The first-order valence-electron chi connectivity index (χ1n) is 7.58. The number of aromatic nitrogens is 1. The van der Waals surface area contributed by atoms with E-state index in [1.165, 1.54) is 0 Å². The highest BCUT2D eigenvalue weighted by Gasteiger charge is 2.21. The van der Waals surface area contributed by atoms with Gasteiger partial charge in [0.2, 0.25) is 0 Å². The smallest absolute Gasteiger partial charge is 0.272 e. The Bertz CT molecular complexity index is 698. The summed E-state index contributed by atoms with van der Waals surface area (Å²) in [6.07, 6.45) is 1.65. The highest BCUT2D eigenvalue weighted by molar-refractivity contribution is 6.30. The first-order valence-corrected chi connectivity index (χ1v) is 7.96. The molecule has 2 heterocycles. The molecule has 23 heavy (non-hydrogen) atoms. The third-order valence-corrected chi connectivity index (χ3v) is 4.12. The van der Waals surface area contributed by atoms with Crippen molar-refractivity contribution in [1.82, 2.24) is 14.8 Å². The molecule has 1 amide bonds. The minimum Gasteiger partial charge on any atom is -0.355 e. The summed E-state index contributed by atoms with van der Waals surface area (Å²) in [5.74, 6) is -0.0205. The van der Waals surface area contributed by atoms with Crippen LogP contribution in [0.25, 0.3) is 0 Å². The molecule has 1 fully saturated rings. The SMILES string of the molecule is CN1CCN(C(=O)c2cc(Nc3cccc(Cl)c3)ccn2)CC1. The number of likely N-dealkylation sites (N-methyl/N-ethyl adjacent to an activating group) is 1. The van der Waals surface area contributed by atoms with E-state index in [2.05, 4.69) is 22.2 Å². The Morgan fingerprint density at radius 1 is 1.13 bits per heavy atom. The maximum absolute atomic E-state index is 12.6. The Kier molecular flexibility index (Phi) is 4.79. The molecule has 1 aliphatic rings. The Balaban J connectivity index is 1.73. The molecule has 3 rings (SSSR count). The van der Waals surface area contributed by atoms with Crippen LogP contribution < -0.4 is 5.32 Å². The number of pyridine rings is 1. The Hall–Kier alpha value is -2.11. The van der Waals surface area contributed by atoms with Gasteiger partial charge in [0, 0.05) is 48.8 Å². The zero-order valence-electron chi connectivity index (χ0n) is 13.0. The fourth-order valence-electron chi connectivity index (χ4n) is 2.53. The molecule has 0 atom stereocenters. The van der Waals surface area contributed by atoms with Crippen LogP contribution in [0.5, 0.6) is 0 Å². The van der Waals surface area contributed by atoms with Crippen LogP contribution in [0, 0.1) is 0 Å². The van der Waals surface area contributed by atoms with E-state index in [9.17, 15) is 4.79 Å². The van der Waals surface area contributed by atoms with E-state index >= 15 is 0 Å². The van der Waals surface area contributed by atoms with Crippen molar-refractivity contribution < 1.29 is 4.79 Å². The summed E-state index contributed by atoms with van der Waals surface area (Å²) in [4.78, 5) is 20.9. The number of benzene rings is 1. The number of carbonyl (C=O) groups is 1. The topological polar surface area (TPSA) is 48.5 Å². The quantitative estimate of drug-likeness (QED) is 0.940. The molecule has 0 spiro atoms. The second kappa shape index (κ2) is 6.98. The lowest BCUT2D eigenvalue weighted by Crippen LogP contribution is -2.47. The fourth-order valence-corrected chi connectivity index (χ4v) is 2.72. The normalized spacial score (nSPS) is 15.5. The third kappa shape index (κ3) is 4.00. The number of nitrogens with zero attached hydrogens (tertiary/aromatic N) is 3. The van der Waals surface area contributed by atoms with E-state index in [0.29, 0.717) is 10.7 Å². The van der Waals surface area contributed by atoms with Gasteiger partial charge in [-0.1, -0.05) is 17.7 Å². The summed E-state index contributed by atoms with van der Waals surface area (Å²) >= 11 is 5.99. The van der Waals surface area contributed by atoms with Gasteiger partial charge in [0.05, 0.1) is 0 Å². The van der Waals surface area contributed by atoms with Crippen molar-refractivity contribution in [2.45, 2.75) is 0 Å². The number of amides is 1. The largest absolute Gasteiger partial charge is 0.355 e. The summed E-state index contributed by atoms with van der Waals surface area (Å²) in [5, 5.41) is 3.91. The molecule has 2 aromatic rings. The lowest BCUT2D eigenvalue weighted by Gasteiger charge is -2.32. The van der Waals surface area contributed by atoms with E-state index in [0.717, 1.165) is 37.6 Å². The van der Waals surface area contributed by atoms with Crippen LogP contribution in [0.2, 0.25) is 5.02 Å². The fraction of sp³-hybridized carbons (Fsp3) is 0.294. The van der Waals surface area contributed by atoms with Gasteiger partial charge in [-0.05, 0) is 37.4 Å². The van der Waals surface area contributed by atoms with Gasteiger partial charge >= 0.3 is 0 Å². The summed E-state index contributed by atoms with van der Waals surface area (Å²) in [6.45, 7) is 3.27. The molecule has 1 N–H and O–H groups in total. The number of piperazine rings is 1. The van der Waals surface area contributed by atoms with Gasteiger partial charge in [0.25, 0.3) is 5.91 Å². The predicted molar refractivity (Wildman–Crippen MR) is 92.4 cm³/mol. The minimum atomic E-state index is -0.0205. The van der Waals surface area contributed by atoms with Gasteiger partial charge in [-0.2, -0.15) is 0 Å². The summed E-state index contributed by atoms with van der Waals surface area (Å²) < 4.78 is 0. The molecule has 6 heteroatoms. The number of hydrogen-bond acceptors (Lipinski definition) is 4. The third-order valence-electron chi connectivity index (χ3n) is 3.88. The molecule has 0 radical (unpaired) electrons. The van der Waals surface area contributed by atoms with Crippen LogP contribution in [-0.2, 0) is 0 Å². The van der Waals surface area contributed by atoms with Crippen LogP contribution in [0.4, 0.5) is 11.4 Å². The molecule has 0 unspecified atom stereocenters. The summed E-state index contributed by atoms with van der Waals surface area (Å²) in [7, 11) is 2.07. The van der Waals surface area contributed by atoms with Crippen molar-refractivity contribution in [2.75, 3.05) is 38.5 Å². The van der Waals surface area contributed by atoms with Crippen LogP contribution in [0.1, 0.15) is 10.5 Å². The maximum Gasteiger partial charge on any atom is 0.272 e. The number of halogens is 1. The van der Waals surface area contributed by atoms with E-state index in [1.54, 1.807) is 12.3 Å². The number of nitrogens with one attached hydrogen (secondary N) is 1.